The van der Waals surface area contributed by atoms with Crippen LogP contribution in [-0.4, -0.2) is 23.5 Å². The Morgan fingerprint density at radius 2 is 1.94 bits per heavy atom. The zero-order chi connectivity index (χ0) is 13.8. The lowest BCUT2D eigenvalue weighted by molar-refractivity contribution is -0.119. The first-order valence-electron chi connectivity index (χ1n) is 6.77. The maximum atomic E-state index is 11.7. The Bertz CT molecular complexity index is 303. The minimum atomic E-state index is -0.500. The van der Waals surface area contributed by atoms with E-state index in [1.54, 1.807) is 0 Å². The number of hydrogen-bond donors (Lipinski definition) is 1. The molecule has 0 aromatic rings. The molecule has 1 atom stereocenters. The fraction of sp³-hybridized carbons (Fsp3) is 0.857. The third-order valence-corrected chi connectivity index (χ3v) is 2.83. The summed E-state index contributed by atoms with van der Waals surface area (Å²) in [7, 11) is 0. The summed E-state index contributed by atoms with van der Waals surface area (Å²) in [5, 5.41) is 2.69. The van der Waals surface area contributed by atoms with Crippen molar-refractivity contribution in [2.75, 3.05) is 0 Å². The van der Waals surface area contributed by atoms with E-state index in [1.807, 2.05) is 27.7 Å². The van der Waals surface area contributed by atoms with Gasteiger partial charge >= 0.3 is 6.09 Å². The maximum absolute atomic E-state index is 11.7. The third kappa shape index (κ3) is 7.30. The number of carbonyl (C=O) groups excluding carboxylic acids is 2. The van der Waals surface area contributed by atoms with Crippen molar-refractivity contribution in [2.45, 2.75) is 71.4 Å². The molecule has 1 saturated carbocycles. The van der Waals surface area contributed by atoms with E-state index in [0.717, 1.165) is 12.3 Å². The van der Waals surface area contributed by atoms with Gasteiger partial charge in [-0.25, -0.2) is 4.79 Å². The normalized spacial score (nSPS) is 17.1. The van der Waals surface area contributed by atoms with Gasteiger partial charge in [0.25, 0.3) is 0 Å². The number of carbonyl (C=O) groups is 2. The van der Waals surface area contributed by atoms with Crippen LogP contribution in [0.25, 0.3) is 0 Å². The number of rotatable bonds is 6. The van der Waals surface area contributed by atoms with Gasteiger partial charge in [-0.15, -0.1) is 0 Å². The molecule has 18 heavy (non-hydrogen) atoms. The molecule has 4 heteroatoms. The molecule has 1 aliphatic rings. The van der Waals surface area contributed by atoms with Crippen molar-refractivity contribution in [1.82, 2.24) is 5.32 Å². The molecule has 1 N–H and O–H groups in total. The lowest BCUT2D eigenvalue weighted by Gasteiger charge is -2.21. The highest BCUT2D eigenvalue weighted by Gasteiger charge is 2.23. The van der Waals surface area contributed by atoms with Gasteiger partial charge in [0.05, 0.1) is 0 Å². The van der Waals surface area contributed by atoms with Crippen molar-refractivity contribution in [3.63, 3.8) is 0 Å². The van der Waals surface area contributed by atoms with Crippen molar-refractivity contribution >= 4 is 11.9 Å². The monoisotopic (exact) mass is 255 g/mol. The second-order valence-electron chi connectivity index (χ2n) is 6.27. The fourth-order valence-corrected chi connectivity index (χ4v) is 1.77. The summed E-state index contributed by atoms with van der Waals surface area (Å²) in [6.45, 7) is 7.28. The predicted octanol–water partition coefficient (Wildman–Crippen LogP) is 3.05. The summed E-state index contributed by atoms with van der Waals surface area (Å²) >= 11 is 0. The fourth-order valence-electron chi connectivity index (χ4n) is 1.77. The third-order valence-electron chi connectivity index (χ3n) is 2.83. The molecular formula is C14H25NO3. The van der Waals surface area contributed by atoms with Crippen molar-refractivity contribution in [1.29, 1.82) is 0 Å². The van der Waals surface area contributed by atoms with Crippen LogP contribution in [0.2, 0.25) is 0 Å². The molecule has 0 heterocycles. The van der Waals surface area contributed by atoms with Crippen molar-refractivity contribution < 1.29 is 14.3 Å². The highest BCUT2D eigenvalue weighted by Crippen LogP contribution is 2.33. The standard InChI is InChI=1S/C14H25NO3/c1-10(15-13(17)18-14(2,3)4)9-12(16)8-7-11-5-6-11/h10-11H,5-9H2,1-4H3,(H,15,17)/t10-/m1/s1. The van der Waals surface area contributed by atoms with E-state index in [9.17, 15) is 9.59 Å². The van der Waals surface area contributed by atoms with E-state index in [0.29, 0.717) is 12.8 Å². The largest absolute Gasteiger partial charge is 0.444 e. The summed E-state index contributed by atoms with van der Waals surface area (Å²) in [4.78, 5) is 23.1. The Morgan fingerprint density at radius 3 is 2.44 bits per heavy atom. The van der Waals surface area contributed by atoms with E-state index in [1.165, 1.54) is 12.8 Å². The first kappa shape index (κ1) is 15.0. The Balaban J connectivity index is 2.16. The maximum Gasteiger partial charge on any atom is 0.407 e. The molecule has 0 spiro atoms. The van der Waals surface area contributed by atoms with Crippen molar-refractivity contribution in [2.24, 2.45) is 5.92 Å². The number of alkyl carbamates (subject to hydrolysis) is 1. The average molecular weight is 255 g/mol. The smallest absolute Gasteiger partial charge is 0.407 e. The van der Waals surface area contributed by atoms with Crippen LogP contribution in [0.5, 0.6) is 0 Å². The minimum Gasteiger partial charge on any atom is -0.444 e. The molecule has 0 aromatic heterocycles. The van der Waals surface area contributed by atoms with Crippen LogP contribution in [0.3, 0.4) is 0 Å². The first-order chi connectivity index (χ1) is 8.26. The predicted molar refractivity (Wildman–Crippen MR) is 70.4 cm³/mol. The summed E-state index contributed by atoms with van der Waals surface area (Å²) < 4.78 is 5.14. The molecule has 0 aliphatic heterocycles. The second kappa shape index (κ2) is 6.21. The molecular weight excluding hydrogens is 230 g/mol. The van der Waals surface area contributed by atoms with Crippen molar-refractivity contribution in [3.8, 4) is 0 Å². The van der Waals surface area contributed by atoms with Crippen LogP contribution < -0.4 is 5.32 Å². The molecule has 0 aromatic carbocycles. The van der Waals surface area contributed by atoms with Gasteiger partial charge in [-0.05, 0) is 40.0 Å². The SMILES string of the molecule is C[C@H](CC(=O)CCC1CC1)NC(=O)OC(C)(C)C. The van der Waals surface area contributed by atoms with E-state index < -0.39 is 11.7 Å². The quantitative estimate of drug-likeness (QED) is 0.793. The number of nitrogens with one attached hydrogen (secondary N) is 1. The number of hydrogen-bond acceptors (Lipinski definition) is 3. The molecule has 1 rings (SSSR count). The van der Waals surface area contributed by atoms with Crippen LogP contribution in [0.4, 0.5) is 4.79 Å². The van der Waals surface area contributed by atoms with Crippen LogP contribution >= 0.6 is 0 Å². The minimum absolute atomic E-state index is 0.161. The zero-order valence-corrected chi connectivity index (χ0v) is 11.9. The number of ether oxygens (including phenoxy) is 1. The van der Waals surface area contributed by atoms with Gasteiger partial charge in [-0.1, -0.05) is 12.8 Å². The lowest BCUT2D eigenvalue weighted by atomic mass is 10.1. The highest BCUT2D eigenvalue weighted by molar-refractivity contribution is 5.79. The van der Waals surface area contributed by atoms with Gasteiger partial charge in [0.15, 0.2) is 0 Å². The van der Waals surface area contributed by atoms with Gasteiger partial charge in [-0.3, -0.25) is 4.79 Å². The van der Waals surface area contributed by atoms with E-state index in [-0.39, 0.29) is 11.8 Å². The Hall–Kier alpha value is -1.06. The Labute approximate surface area is 109 Å². The first-order valence-corrected chi connectivity index (χ1v) is 6.77. The summed E-state index contributed by atoms with van der Waals surface area (Å²) in [6.07, 6.45) is 4.15. The van der Waals surface area contributed by atoms with Crippen LogP contribution in [-0.2, 0) is 9.53 Å². The van der Waals surface area contributed by atoms with E-state index >= 15 is 0 Å². The van der Waals surface area contributed by atoms with Crippen LogP contribution in [0, 0.1) is 5.92 Å². The molecule has 0 bridgehead atoms. The van der Waals surface area contributed by atoms with E-state index in [2.05, 4.69) is 5.32 Å². The van der Waals surface area contributed by atoms with Gasteiger partial charge in [-0.2, -0.15) is 0 Å². The van der Waals surface area contributed by atoms with E-state index in [4.69, 9.17) is 4.74 Å². The molecule has 1 aliphatic carbocycles. The van der Waals surface area contributed by atoms with Crippen LogP contribution in [0.1, 0.15) is 59.8 Å². The lowest BCUT2D eigenvalue weighted by Crippen LogP contribution is -2.38. The second-order valence-corrected chi connectivity index (χ2v) is 6.27. The molecule has 0 radical (unpaired) electrons. The molecule has 104 valence electrons. The number of amides is 1. The molecule has 0 unspecified atom stereocenters. The Kier molecular flexibility index (Phi) is 5.17. The van der Waals surface area contributed by atoms with Crippen molar-refractivity contribution in [3.05, 3.63) is 0 Å². The average Bonchev–Trinajstić information content (AvgIpc) is 2.93. The zero-order valence-electron chi connectivity index (χ0n) is 11.9. The van der Waals surface area contributed by atoms with Gasteiger partial charge in [0, 0.05) is 18.9 Å². The molecule has 4 nitrogen and oxygen atoms in total. The van der Waals surface area contributed by atoms with Gasteiger partial charge < -0.3 is 10.1 Å². The highest BCUT2D eigenvalue weighted by atomic mass is 16.6. The molecule has 1 amide bonds. The molecule has 1 fully saturated rings. The summed E-state index contributed by atoms with van der Waals surface area (Å²) in [5.74, 6) is 1.01. The summed E-state index contributed by atoms with van der Waals surface area (Å²) in [5.41, 5.74) is -0.500. The number of ketones is 1. The topological polar surface area (TPSA) is 55.4 Å². The van der Waals surface area contributed by atoms with Gasteiger partial charge in [0.2, 0.25) is 0 Å². The van der Waals surface area contributed by atoms with Crippen LogP contribution in [0.15, 0.2) is 0 Å². The summed E-state index contributed by atoms with van der Waals surface area (Å²) in [6, 6.07) is -0.161. The Morgan fingerprint density at radius 1 is 1.33 bits per heavy atom. The number of Topliss-reactive ketones (excluding diaryl/α,β-unsaturated/α-hetero) is 1. The van der Waals surface area contributed by atoms with Gasteiger partial charge in [0.1, 0.15) is 11.4 Å². The molecule has 0 saturated heterocycles.